The van der Waals surface area contributed by atoms with Gasteiger partial charge in [0.15, 0.2) is 0 Å². The standard InChI is InChI=1S/C27H33Ge.C9H11Ge.C6H15Si/c1-16-10-19(4)25(20(5)11-16)28(26-21(6)12-17(2)13-22(26)7)27-23(8)14-18(3)15-24(27)9;1-6-4-7(2)9(10)8(3)5-6;1-4-7(5-2)6-3/h10-15H,1-9H3;4-5H,1-3H3;4-6H2,1-3H3. The second kappa shape index (κ2) is 17.9. The van der Waals surface area contributed by atoms with E-state index < -0.39 is 14.3 Å². The van der Waals surface area contributed by atoms with Gasteiger partial charge in [-0.1, -0.05) is 38.9 Å². The van der Waals surface area contributed by atoms with Gasteiger partial charge in [0, 0.05) is 8.80 Å². The summed E-state index contributed by atoms with van der Waals surface area (Å²) >= 11 is 0.190. The van der Waals surface area contributed by atoms with Gasteiger partial charge in [0.05, 0.1) is 0 Å². The molecule has 0 N–H and O–H groups in total. The fraction of sp³-hybridized carbons (Fsp3) is 0.429. The van der Waals surface area contributed by atoms with Gasteiger partial charge in [-0.3, -0.25) is 0 Å². The molecule has 0 unspecified atom stereocenters. The van der Waals surface area contributed by atoms with Crippen molar-refractivity contribution in [2.24, 2.45) is 0 Å². The first-order valence-corrected chi connectivity index (χ1v) is 23.1. The monoisotopic (exact) mass is 739 g/mol. The molecule has 4 rings (SSSR count). The van der Waals surface area contributed by atoms with E-state index in [-0.39, 0.29) is 8.80 Å². The Hall–Kier alpha value is -1.82. The van der Waals surface area contributed by atoms with E-state index in [1.54, 1.807) is 13.2 Å². The average Bonchev–Trinajstić information content (AvgIpc) is 2.91. The van der Waals surface area contributed by atoms with Crippen LogP contribution >= 0.6 is 0 Å². The summed E-state index contributed by atoms with van der Waals surface area (Å²) in [6, 6.07) is 23.1. The Bertz CT molecular complexity index is 1360. The van der Waals surface area contributed by atoms with Crippen LogP contribution in [0, 0.1) is 83.1 Å². The van der Waals surface area contributed by atoms with Crippen LogP contribution in [-0.2, 0) is 0 Å². The van der Waals surface area contributed by atoms with Crippen molar-refractivity contribution in [3.63, 3.8) is 0 Å². The van der Waals surface area contributed by atoms with Gasteiger partial charge in [-0.2, -0.15) is 0 Å². The molecule has 0 atom stereocenters. The molecule has 0 aliphatic rings. The number of aryl methyl sites for hydroxylation is 12. The Morgan fingerprint density at radius 3 is 0.778 bits per heavy atom. The van der Waals surface area contributed by atoms with E-state index in [1.807, 2.05) is 0 Å². The molecule has 0 heterocycles. The Kier molecular flexibility index (Phi) is 15.7. The van der Waals surface area contributed by atoms with Crippen molar-refractivity contribution in [1.29, 1.82) is 0 Å². The van der Waals surface area contributed by atoms with E-state index in [1.165, 1.54) is 89.3 Å². The van der Waals surface area contributed by atoms with Gasteiger partial charge in [0.1, 0.15) is 0 Å². The first-order chi connectivity index (χ1) is 21.1. The maximum absolute atomic E-state index is 2.38. The number of benzene rings is 4. The molecule has 0 aromatic heterocycles. The molecule has 45 heavy (non-hydrogen) atoms. The van der Waals surface area contributed by atoms with Crippen LogP contribution in [0.15, 0.2) is 48.5 Å². The van der Waals surface area contributed by atoms with Gasteiger partial charge in [0.25, 0.3) is 0 Å². The molecule has 239 valence electrons. The van der Waals surface area contributed by atoms with Crippen molar-refractivity contribution >= 4 is 57.2 Å². The van der Waals surface area contributed by atoms with Crippen LogP contribution in [-0.4, -0.2) is 39.7 Å². The minimum atomic E-state index is -1.98. The van der Waals surface area contributed by atoms with Crippen LogP contribution in [0.2, 0.25) is 18.1 Å². The molecule has 0 bridgehead atoms. The number of hydrogen-bond donors (Lipinski definition) is 0. The molecule has 0 fully saturated rings. The van der Waals surface area contributed by atoms with Gasteiger partial charge in [-0.25, -0.2) is 0 Å². The van der Waals surface area contributed by atoms with Crippen molar-refractivity contribution in [2.75, 3.05) is 0 Å². The van der Waals surface area contributed by atoms with E-state index >= 15 is 0 Å². The summed E-state index contributed by atoms with van der Waals surface area (Å²) in [5.74, 6) is 0. The van der Waals surface area contributed by atoms with Crippen molar-refractivity contribution < 1.29 is 0 Å². The number of hydrogen-bond acceptors (Lipinski definition) is 0. The summed E-state index contributed by atoms with van der Waals surface area (Å²) in [7, 11) is 0.137. The molecule has 0 aliphatic carbocycles. The second-order valence-corrected chi connectivity index (χ2v) is 22.7. The zero-order valence-electron chi connectivity index (χ0n) is 31.2. The van der Waals surface area contributed by atoms with Gasteiger partial charge in [0.2, 0.25) is 0 Å². The zero-order chi connectivity index (χ0) is 34.2. The summed E-state index contributed by atoms with van der Waals surface area (Å²) in [4.78, 5) is 0. The molecule has 0 saturated heterocycles. The van der Waals surface area contributed by atoms with E-state index in [0.717, 1.165) is 0 Å². The van der Waals surface area contributed by atoms with Gasteiger partial charge >= 0.3 is 247 Å². The fourth-order valence-corrected chi connectivity index (χ4v) is 16.3. The summed E-state index contributed by atoms with van der Waals surface area (Å²) < 4.78 is 6.33. The Morgan fingerprint density at radius 2 is 0.600 bits per heavy atom. The van der Waals surface area contributed by atoms with Crippen molar-refractivity contribution in [2.45, 2.75) is 122 Å². The topological polar surface area (TPSA) is 0 Å². The van der Waals surface area contributed by atoms with Gasteiger partial charge in [-0.15, -0.1) is 0 Å². The van der Waals surface area contributed by atoms with Crippen molar-refractivity contribution in [3.05, 3.63) is 115 Å². The van der Waals surface area contributed by atoms with Crippen molar-refractivity contribution in [1.82, 2.24) is 0 Å². The van der Waals surface area contributed by atoms with E-state index in [0.29, 0.717) is 0 Å². The summed E-state index contributed by atoms with van der Waals surface area (Å²) in [5, 5.41) is 0. The fourth-order valence-electron chi connectivity index (χ4n) is 7.03. The minimum absolute atomic E-state index is 0.137. The predicted molar refractivity (Wildman–Crippen MR) is 210 cm³/mol. The van der Waals surface area contributed by atoms with Crippen molar-refractivity contribution in [3.8, 4) is 0 Å². The summed E-state index contributed by atoms with van der Waals surface area (Å²) in [6.45, 7) is 33.9. The third kappa shape index (κ3) is 10.6. The van der Waals surface area contributed by atoms with E-state index in [4.69, 9.17) is 0 Å². The molecular weight excluding hydrogens is 678 g/mol. The predicted octanol–water partition coefficient (Wildman–Crippen LogP) is 8.93. The average molecular weight is 737 g/mol. The maximum atomic E-state index is 2.38. The number of rotatable bonds is 6. The molecule has 0 nitrogen and oxygen atoms in total. The molecule has 0 saturated carbocycles. The third-order valence-corrected chi connectivity index (χ3v) is 21.7. The Morgan fingerprint density at radius 1 is 0.400 bits per heavy atom. The normalized spacial score (nSPS) is 10.9. The summed E-state index contributed by atoms with van der Waals surface area (Å²) in [6.07, 6.45) is 0. The molecule has 4 aromatic carbocycles. The van der Waals surface area contributed by atoms with Crippen LogP contribution in [0.25, 0.3) is 0 Å². The van der Waals surface area contributed by atoms with Crippen LogP contribution in [0.4, 0.5) is 0 Å². The quantitative estimate of drug-likeness (QED) is 0.174. The summed E-state index contributed by atoms with van der Waals surface area (Å²) in [5.41, 5.74) is 17.0. The van der Waals surface area contributed by atoms with E-state index in [2.05, 4.69) is 169 Å². The molecule has 3 heteroatoms. The van der Waals surface area contributed by atoms with Gasteiger partial charge < -0.3 is 0 Å². The second-order valence-electron chi connectivity index (χ2n) is 13.3. The van der Waals surface area contributed by atoms with Crippen LogP contribution in [0.3, 0.4) is 0 Å². The Labute approximate surface area is 292 Å². The first-order valence-electron chi connectivity index (χ1n) is 16.8. The third-order valence-electron chi connectivity index (χ3n) is 8.96. The molecule has 4 aromatic rings. The Balaban J connectivity index is 0.000000339. The van der Waals surface area contributed by atoms with Crippen LogP contribution in [0.1, 0.15) is 87.5 Å². The molecule has 0 amide bonds. The molecule has 5 radical (unpaired) electrons. The molecule has 0 spiro atoms. The van der Waals surface area contributed by atoms with Gasteiger partial charge in [-0.05, 0) is 0 Å². The van der Waals surface area contributed by atoms with Crippen LogP contribution in [0.5, 0.6) is 0 Å². The SMILES string of the molecule is CC[Si](CC)CC.Cc1cc(C)[c]([Ge]([c]2c(C)cc(C)cc2C)[c]2c(C)cc(C)cc2C)c(C)c1.Cc1cc(C)[c]([Ge])c(C)c1. The molecular formula is C42H59Ge2Si. The van der Waals surface area contributed by atoms with E-state index in [9.17, 15) is 0 Å². The zero-order valence-corrected chi connectivity index (χ0v) is 36.4. The first kappa shape index (κ1) is 39.4. The molecule has 0 aliphatic heterocycles. The van der Waals surface area contributed by atoms with Crippen LogP contribution < -0.4 is 17.6 Å².